The quantitative estimate of drug-likeness (QED) is 0.283. The van der Waals surface area contributed by atoms with Crippen molar-refractivity contribution < 1.29 is 9.34 Å². The zero-order valence-corrected chi connectivity index (χ0v) is 18.1. The molecular formula is C21H17Cl2N3O3S. The molecule has 0 saturated carbocycles. The van der Waals surface area contributed by atoms with Gasteiger partial charge in [-0.1, -0.05) is 35.4 Å². The number of hydrogen-bond donors (Lipinski definition) is 0. The summed E-state index contributed by atoms with van der Waals surface area (Å²) in [6, 6.07) is 15.5. The molecule has 30 heavy (non-hydrogen) atoms. The van der Waals surface area contributed by atoms with Crippen molar-refractivity contribution in [1.29, 1.82) is 0 Å². The number of thiocarbonyl (C=S) groups is 1. The van der Waals surface area contributed by atoms with Gasteiger partial charge < -0.3 is 14.2 Å². The lowest BCUT2D eigenvalue weighted by molar-refractivity contribution is -0.384. The van der Waals surface area contributed by atoms with Crippen LogP contribution in [0.4, 0.5) is 11.4 Å². The summed E-state index contributed by atoms with van der Waals surface area (Å²) in [5.74, 6) is 1.23. The van der Waals surface area contributed by atoms with E-state index in [2.05, 4.69) is 9.80 Å². The largest absolute Gasteiger partial charge is 0.454 e. The Labute approximate surface area is 188 Å². The van der Waals surface area contributed by atoms with Gasteiger partial charge in [0, 0.05) is 54.6 Å². The molecule has 154 valence electrons. The number of piperazine rings is 1. The van der Waals surface area contributed by atoms with Crippen molar-refractivity contribution in [2.45, 2.75) is 0 Å². The molecule has 0 aliphatic carbocycles. The summed E-state index contributed by atoms with van der Waals surface area (Å²) in [5, 5.41) is 12.0. The standard InChI is InChI=1S/C21H17Cl2N3O3S/c22-14-1-6-18(23)17(13-14)19-7-8-20(29-19)21(30)25-11-9-24(10-12-25)15-2-4-16(5-3-15)26(27)28/h1-8,13H,9-12H2. The van der Waals surface area contributed by atoms with Crippen molar-refractivity contribution in [1.82, 2.24) is 4.90 Å². The van der Waals surface area contributed by atoms with Gasteiger partial charge in [-0.2, -0.15) is 0 Å². The monoisotopic (exact) mass is 461 g/mol. The molecule has 0 N–H and O–H groups in total. The molecule has 0 amide bonds. The maximum Gasteiger partial charge on any atom is 0.269 e. The van der Waals surface area contributed by atoms with E-state index >= 15 is 0 Å². The van der Waals surface area contributed by atoms with Gasteiger partial charge >= 0.3 is 0 Å². The van der Waals surface area contributed by atoms with E-state index in [-0.39, 0.29) is 5.69 Å². The summed E-state index contributed by atoms with van der Waals surface area (Å²) in [4.78, 5) is 15.3. The molecule has 2 heterocycles. The summed E-state index contributed by atoms with van der Waals surface area (Å²) in [6.07, 6.45) is 0. The first-order chi connectivity index (χ1) is 14.4. The van der Waals surface area contributed by atoms with Gasteiger partial charge in [0.2, 0.25) is 0 Å². The average molecular weight is 462 g/mol. The molecule has 6 nitrogen and oxygen atoms in total. The molecular weight excluding hydrogens is 445 g/mol. The molecule has 1 aliphatic heterocycles. The number of nitro benzene ring substituents is 1. The van der Waals surface area contributed by atoms with Crippen LogP contribution in [0.1, 0.15) is 5.76 Å². The number of hydrogen-bond acceptors (Lipinski definition) is 5. The van der Waals surface area contributed by atoms with Crippen molar-refractivity contribution in [3.05, 3.63) is 80.5 Å². The van der Waals surface area contributed by atoms with E-state index in [1.807, 2.05) is 12.1 Å². The van der Waals surface area contributed by atoms with Crippen LogP contribution in [0.15, 0.2) is 59.0 Å². The van der Waals surface area contributed by atoms with Crippen LogP contribution in [0.2, 0.25) is 10.0 Å². The van der Waals surface area contributed by atoms with Crippen LogP contribution < -0.4 is 4.90 Å². The van der Waals surface area contributed by atoms with Crippen molar-refractivity contribution in [3.63, 3.8) is 0 Å². The average Bonchev–Trinajstić information content (AvgIpc) is 3.25. The highest BCUT2D eigenvalue weighted by molar-refractivity contribution is 7.80. The molecule has 1 aromatic heterocycles. The van der Waals surface area contributed by atoms with Crippen LogP contribution in [0, 0.1) is 10.1 Å². The van der Waals surface area contributed by atoms with E-state index < -0.39 is 4.92 Å². The molecule has 1 aliphatic rings. The zero-order chi connectivity index (χ0) is 21.3. The van der Waals surface area contributed by atoms with Gasteiger partial charge in [0.1, 0.15) is 10.7 Å². The van der Waals surface area contributed by atoms with E-state index in [0.29, 0.717) is 26.6 Å². The highest BCUT2D eigenvalue weighted by atomic mass is 35.5. The summed E-state index contributed by atoms with van der Waals surface area (Å²) >= 11 is 18.0. The van der Waals surface area contributed by atoms with Crippen LogP contribution in [0.25, 0.3) is 11.3 Å². The van der Waals surface area contributed by atoms with Crippen LogP contribution in [0.3, 0.4) is 0 Å². The van der Waals surface area contributed by atoms with Crippen LogP contribution >= 0.6 is 35.4 Å². The van der Waals surface area contributed by atoms with Crippen molar-refractivity contribution in [3.8, 4) is 11.3 Å². The van der Waals surface area contributed by atoms with E-state index in [0.717, 1.165) is 37.4 Å². The lowest BCUT2D eigenvalue weighted by Gasteiger charge is -2.36. The number of anilines is 1. The first-order valence-electron chi connectivity index (χ1n) is 9.26. The molecule has 9 heteroatoms. The molecule has 0 atom stereocenters. The van der Waals surface area contributed by atoms with Gasteiger partial charge in [-0.25, -0.2) is 0 Å². The molecule has 3 aromatic rings. The highest BCUT2D eigenvalue weighted by Crippen LogP contribution is 2.32. The third-order valence-electron chi connectivity index (χ3n) is 5.00. The fraction of sp³-hybridized carbons (Fsp3) is 0.190. The van der Waals surface area contributed by atoms with Gasteiger partial charge in [-0.05, 0) is 42.5 Å². The van der Waals surface area contributed by atoms with E-state index in [1.165, 1.54) is 12.1 Å². The summed E-state index contributed by atoms with van der Waals surface area (Å²) in [5.41, 5.74) is 1.77. The van der Waals surface area contributed by atoms with Gasteiger partial charge in [0.05, 0.1) is 9.95 Å². The minimum Gasteiger partial charge on any atom is -0.454 e. The lowest BCUT2D eigenvalue weighted by Crippen LogP contribution is -2.48. The SMILES string of the molecule is O=[N+]([O-])c1ccc(N2CCN(C(=S)c3ccc(-c4cc(Cl)ccc4Cl)o3)CC2)cc1. The highest BCUT2D eigenvalue weighted by Gasteiger charge is 2.22. The van der Waals surface area contributed by atoms with Gasteiger partial charge in [-0.3, -0.25) is 10.1 Å². The molecule has 0 bridgehead atoms. The van der Waals surface area contributed by atoms with E-state index in [4.69, 9.17) is 39.8 Å². The molecule has 0 unspecified atom stereocenters. The fourth-order valence-electron chi connectivity index (χ4n) is 3.39. The number of rotatable bonds is 4. The second-order valence-electron chi connectivity index (χ2n) is 6.84. The molecule has 0 spiro atoms. The molecule has 0 radical (unpaired) electrons. The van der Waals surface area contributed by atoms with Crippen molar-refractivity contribution in [2.24, 2.45) is 0 Å². The maximum atomic E-state index is 10.8. The normalized spacial score (nSPS) is 14.1. The predicted octanol–water partition coefficient (Wildman–Crippen LogP) is 5.66. The fourth-order valence-corrected chi connectivity index (χ4v) is 4.07. The second-order valence-corrected chi connectivity index (χ2v) is 8.07. The summed E-state index contributed by atoms with van der Waals surface area (Å²) < 4.78 is 5.96. The van der Waals surface area contributed by atoms with Crippen LogP contribution in [-0.4, -0.2) is 41.0 Å². The molecule has 1 saturated heterocycles. The Bertz CT molecular complexity index is 1090. The minimum absolute atomic E-state index is 0.0898. The maximum absolute atomic E-state index is 10.8. The topological polar surface area (TPSA) is 62.8 Å². The van der Waals surface area contributed by atoms with Gasteiger partial charge in [-0.15, -0.1) is 0 Å². The van der Waals surface area contributed by atoms with Gasteiger partial charge in [0.25, 0.3) is 5.69 Å². The van der Waals surface area contributed by atoms with Crippen LogP contribution in [-0.2, 0) is 0 Å². The number of nitro groups is 1. The Kier molecular flexibility index (Phi) is 5.94. The minimum atomic E-state index is -0.394. The van der Waals surface area contributed by atoms with Crippen molar-refractivity contribution in [2.75, 3.05) is 31.1 Å². The Hall–Kier alpha value is -2.61. The Morgan fingerprint density at radius 1 is 1.00 bits per heavy atom. The summed E-state index contributed by atoms with van der Waals surface area (Å²) in [6.45, 7) is 2.96. The molecule has 2 aromatic carbocycles. The predicted molar refractivity (Wildman–Crippen MR) is 123 cm³/mol. The summed E-state index contributed by atoms with van der Waals surface area (Å²) in [7, 11) is 0. The number of non-ortho nitro benzene ring substituents is 1. The Morgan fingerprint density at radius 2 is 1.70 bits per heavy atom. The van der Waals surface area contributed by atoms with E-state index in [1.54, 1.807) is 30.3 Å². The lowest BCUT2D eigenvalue weighted by atomic mass is 10.2. The number of furan rings is 1. The first-order valence-corrected chi connectivity index (χ1v) is 10.4. The Morgan fingerprint density at radius 3 is 2.37 bits per heavy atom. The van der Waals surface area contributed by atoms with E-state index in [9.17, 15) is 10.1 Å². The molecule has 1 fully saturated rings. The second kappa shape index (κ2) is 8.63. The molecule has 4 rings (SSSR count). The Balaban J connectivity index is 1.42. The number of benzene rings is 2. The third kappa shape index (κ3) is 4.28. The smallest absolute Gasteiger partial charge is 0.269 e. The van der Waals surface area contributed by atoms with Crippen molar-refractivity contribution >= 4 is 51.8 Å². The third-order valence-corrected chi connectivity index (χ3v) is 6.03. The number of nitrogens with zero attached hydrogens (tertiary/aromatic N) is 3. The zero-order valence-electron chi connectivity index (χ0n) is 15.8. The van der Waals surface area contributed by atoms with Crippen LogP contribution in [0.5, 0.6) is 0 Å². The number of halogens is 2. The first kappa shape index (κ1) is 20.7. The van der Waals surface area contributed by atoms with Gasteiger partial charge in [0.15, 0.2) is 5.76 Å².